The van der Waals surface area contributed by atoms with Crippen LogP contribution in [0.3, 0.4) is 0 Å². The van der Waals surface area contributed by atoms with Gasteiger partial charge in [-0.15, -0.1) is 0 Å². The lowest BCUT2D eigenvalue weighted by atomic mass is 10.00. The quantitative estimate of drug-likeness (QED) is 0.616. The first-order chi connectivity index (χ1) is 15.5. The van der Waals surface area contributed by atoms with E-state index in [0.29, 0.717) is 11.6 Å². The van der Waals surface area contributed by atoms with E-state index in [0.717, 1.165) is 38.3 Å². The summed E-state index contributed by atoms with van der Waals surface area (Å²) in [6.45, 7) is 6.04. The van der Waals surface area contributed by atoms with Gasteiger partial charge in [-0.2, -0.15) is 0 Å². The van der Waals surface area contributed by atoms with Crippen molar-refractivity contribution in [3.05, 3.63) is 64.8 Å². The van der Waals surface area contributed by atoms with Crippen molar-refractivity contribution in [1.29, 1.82) is 0 Å². The number of benzene rings is 2. The van der Waals surface area contributed by atoms with E-state index in [2.05, 4.69) is 33.8 Å². The van der Waals surface area contributed by atoms with Crippen LogP contribution in [0.25, 0.3) is 10.9 Å². The summed E-state index contributed by atoms with van der Waals surface area (Å²) in [5, 5.41) is 10.5. The summed E-state index contributed by atoms with van der Waals surface area (Å²) < 4.78 is 5.82. The van der Waals surface area contributed by atoms with Crippen molar-refractivity contribution in [3.63, 3.8) is 0 Å². The molecule has 0 spiro atoms. The van der Waals surface area contributed by atoms with Crippen LogP contribution in [0.1, 0.15) is 52.4 Å². The fraction of sp³-hybridized carbons (Fsp3) is 0.423. The van der Waals surface area contributed by atoms with Crippen molar-refractivity contribution < 1.29 is 14.6 Å². The lowest BCUT2D eigenvalue weighted by Crippen LogP contribution is -2.35. The molecule has 2 fully saturated rings. The highest BCUT2D eigenvalue weighted by Crippen LogP contribution is 2.37. The second-order valence-electron chi connectivity index (χ2n) is 9.13. The first-order valence-corrected chi connectivity index (χ1v) is 11.5. The van der Waals surface area contributed by atoms with Gasteiger partial charge in [0, 0.05) is 54.4 Å². The Labute approximate surface area is 188 Å². The molecule has 0 amide bonds. The van der Waals surface area contributed by atoms with Gasteiger partial charge in [-0.1, -0.05) is 12.1 Å². The van der Waals surface area contributed by atoms with Gasteiger partial charge in [-0.25, -0.2) is 4.79 Å². The maximum atomic E-state index is 11.4. The number of hydrogen-bond acceptors (Lipinski definition) is 4. The Balaban J connectivity index is 1.53. The molecular weight excluding hydrogens is 402 g/mol. The number of aromatic nitrogens is 1. The molecule has 6 heteroatoms. The monoisotopic (exact) mass is 433 g/mol. The number of methoxy groups -OCH3 is 1. The second kappa shape index (κ2) is 8.60. The van der Waals surface area contributed by atoms with Gasteiger partial charge in [0.15, 0.2) is 0 Å². The van der Waals surface area contributed by atoms with Gasteiger partial charge in [0.1, 0.15) is 5.75 Å². The number of fused-ring (bicyclic) bond motifs is 2. The number of aryl methyl sites for hydroxylation is 1. The molecule has 2 aliphatic heterocycles. The largest absolute Gasteiger partial charge is 0.496 e. The van der Waals surface area contributed by atoms with Gasteiger partial charge in [0.25, 0.3) is 0 Å². The number of hydrogen-bond donors (Lipinski definition) is 2. The van der Waals surface area contributed by atoms with Crippen LogP contribution in [-0.2, 0) is 6.54 Å². The third-order valence-electron chi connectivity index (χ3n) is 7.33. The first kappa shape index (κ1) is 21.0. The molecular formula is C26H31N3O3. The number of aromatic amines is 1. The molecule has 2 saturated heterocycles. The predicted molar refractivity (Wildman–Crippen MR) is 125 cm³/mol. The summed E-state index contributed by atoms with van der Waals surface area (Å²) in [7, 11) is 1.75. The van der Waals surface area contributed by atoms with E-state index in [4.69, 9.17) is 4.74 Å². The number of nitrogens with one attached hydrogen (secondary N) is 1. The molecule has 5 rings (SSSR count). The molecule has 0 bridgehead atoms. The lowest BCUT2D eigenvalue weighted by Gasteiger charge is -2.32. The van der Waals surface area contributed by atoms with E-state index in [1.54, 1.807) is 19.2 Å². The lowest BCUT2D eigenvalue weighted by molar-refractivity contribution is 0.0697. The van der Waals surface area contributed by atoms with Crippen molar-refractivity contribution in [3.8, 4) is 5.75 Å². The number of ether oxygens (including phenoxy) is 1. The molecule has 1 unspecified atom stereocenters. The maximum absolute atomic E-state index is 11.4. The number of carboxylic acid groups (broad SMARTS) is 1. The van der Waals surface area contributed by atoms with Crippen LogP contribution in [0.5, 0.6) is 5.75 Å². The van der Waals surface area contributed by atoms with Gasteiger partial charge in [0.05, 0.1) is 12.7 Å². The molecule has 0 radical (unpaired) electrons. The minimum atomic E-state index is -0.881. The van der Waals surface area contributed by atoms with Crippen molar-refractivity contribution in [2.45, 2.75) is 44.8 Å². The fourth-order valence-electron chi connectivity index (χ4n) is 5.61. The van der Waals surface area contributed by atoms with Crippen molar-refractivity contribution in [1.82, 2.24) is 14.8 Å². The second-order valence-corrected chi connectivity index (χ2v) is 9.13. The van der Waals surface area contributed by atoms with Crippen LogP contribution in [0.2, 0.25) is 0 Å². The van der Waals surface area contributed by atoms with Crippen molar-refractivity contribution in [2.75, 3.05) is 26.7 Å². The van der Waals surface area contributed by atoms with E-state index in [1.807, 2.05) is 18.3 Å². The molecule has 2 atom stereocenters. The maximum Gasteiger partial charge on any atom is 0.335 e. The van der Waals surface area contributed by atoms with Gasteiger partial charge in [0.2, 0.25) is 0 Å². The molecule has 6 nitrogen and oxygen atoms in total. The van der Waals surface area contributed by atoms with Crippen molar-refractivity contribution >= 4 is 16.9 Å². The minimum absolute atomic E-state index is 0.209. The van der Waals surface area contributed by atoms with Crippen molar-refractivity contribution in [2.24, 2.45) is 0 Å². The third kappa shape index (κ3) is 3.78. The Hall–Kier alpha value is -2.83. The highest BCUT2D eigenvalue weighted by atomic mass is 16.5. The molecule has 0 saturated carbocycles. The summed E-state index contributed by atoms with van der Waals surface area (Å²) >= 11 is 0. The highest BCUT2D eigenvalue weighted by molar-refractivity contribution is 5.88. The molecule has 32 heavy (non-hydrogen) atoms. The summed E-state index contributed by atoms with van der Waals surface area (Å²) in [6, 6.07) is 12.6. The molecule has 2 aromatic carbocycles. The Bertz CT molecular complexity index is 1120. The third-order valence-corrected chi connectivity index (χ3v) is 7.33. The Kier molecular flexibility index (Phi) is 5.66. The molecule has 3 heterocycles. The van der Waals surface area contributed by atoms with Crippen LogP contribution in [0.15, 0.2) is 42.6 Å². The number of carbonyl (C=O) groups is 1. The van der Waals surface area contributed by atoms with E-state index in [-0.39, 0.29) is 6.04 Å². The SMILES string of the molecule is COc1cc(C)c2[nH]ccc2c1CN1CC[C@H]2CCCN2CC1c1ccc(C(=O)O)cc1. The topological polar surface area (TPSA) is 68.8 Å². The van der Waals surface area contributed by atoms with Gasteiger partial charge >= 0.3 is 5.97 Å². The van der Waals surface area contributed by atoms with E-state index in [1.165, 1.54) is 40.4 Å². The minimum Gasteiger partial charge on any atom is -0.496 e. The number of nitrogens with zero attached hydrogens (tertiary/aromatic N) is 2. The zero-order valence-electron chi connectivity index (χ0n) is 18.8. The Morgan fingerprint density at radius 2 is 2.00 bits per heavy atom. The van der Waals surface area contributed by atoms with Crippen LogP contribution in [-0.4, -0.2) is 58.6 Å². The fourth-order valence-corrected chi connectivity index (χ4v) is 5.61. The van der Waals surface area contributed by atoms with Crippen LogP contribution in [0, 0.1) is 6.92 Å². The first-order valence-electron chi connectivity index (χ1n) is 11.5. The molecule has 2 aliphatic rings. The Morgan fingerprint density at radius 3 is 2.75 bits per heavy atom. The van der Waals surface area contributed by atoms with Gasteiger partial charge in [-0.3, -0.25) is 9.80 Å². The smallest absolute Gasteiger partial charge is 0.335 e. The zero-order chi connectivity index (χ0) is 22.2. The molecule has 168 valence electrons. The number of carboxylic acids is 1. The van der Waals surface area contributed by atoms with E-state index in [9.17, 15) is 9.90 Å². The molecule has 0 aliphatic carbocycles. The zero-order valence-corrected chi connectivity index (χ0v) is 18.8. The van der Waals surface area contributed by atoms with Crippen LogP contribution in [0.4, 0.5) is 0 Å². The van der Waals surface area contributed by atoms with E-state index >= 15 is 0 Å². The average Bonchev–Trinajstić information content (AvgIpc) is 3.43. The van der Waals surface area contributed by atoms with Gasteiger partial charge in [-0.05, 0) is 68.1 Å². The number of H-pyrrole nitrogens is 1. The van der Waals surface area contributed by atoms with Crippen LogP contribution < -0.4 is 4.74 Å². The number of rotatable bonds is 5. The summed E-state index contributed by atoms with van der Waals surface area (Å²) in [5.41, 5.74) is 5.08. The summed E-state index contributed by atoms with van der Waals surface area (Å²) in [6.07, 6.45) is 5.70. The van der Waals surface area contributed by atoms with Crippen LogP contribution >= 0.6 is 0 Å². The highest BCUT2D eigenvalue weighted by Gasteiger charge is 2.34. The predicted octanol–water partition coefficient (Wildman–Crippen LogP) is 4.59. The molecule has 2 N–H and O–H groups in total. The normalized spacial score (nSPS) is 22.1. The number of aromatic carboxylic acids is 1. The Morgan fingerprint density at radius 1 is 1.19 bits per heavy atom. The molecule has 3 aromatic rings. The van der Waals surface area contributed by atoms with E-state index < -0.39 is 5.97 Å². The molecule has 1 aromatic heterocycles. The standard InChI is InChI=1S/C26H31N3O3/c1-17-14-24(32-2)22(21-9-11-27-25(17)21)15-29-13-10-20-4-3-12-28(20)16-23(29)18-5-7-19(8-6-18)26(30)31/h5-9,11,14,20,23,27H,3-4,10,12-13,15-16H2,1-2H3,(H,30,31)/t20-,23?/m1/s1. The van der Waals surface area contributed by atoms with Gasteiger partial charge < -0.3 is 14.8 Å². The summed E-state index contributed by atoms with van der Waals surface area (Å²) in [5.74, 6) is 0.0486. The average molecular weight is 434 g/mol. The summed E-state index contributed by atoms with van der Waals surface area (Å²) in [4.78, 5) is 19.9.